The second-order valence-electron chi connectivity index (χ2n) is 4.51. The van der Waals surface area contributed by atoms with E-state index < -0.39 is 61.6 Å². The zero-order valence-corrected chi connectivity index (χ0v) is 13.6. The van der Waals surface area contributed by atoms with Crippen LogP contribution in [-0.4, -0.2) is 27.8 Å². The first-order valence-corrected chi connectivity index (χ1v) is 7.21. The highest BCUT2D eigenvalue weighted by Gasteiger charge is 2.24. The fourth-order valence-corrected chi connectivity index (χ4v) is 2.17. The highest BCUT2D eigenvalue weighted by Crippen LogP contribution is 2.28. The van der Waals surface area contributed by atoms with Gasteiger partial charge in [0.1, 0.15) is 5.82 Å². The lowest BCUT2D eigenvalue weighted by atomic mass is 10.1. The second-order valence-corrected chi connectivity index (χ2v) is 5.36. The van der Waals surface area contributed by atoms with Gasteiger partial charge in [0.05, 0.1) is 25.9 Å². The van der Waals surface area contributed by atoms with Gasteiger partial charge in [0.25, 0.3) is 5.91 Å². The molecule has 24 heavy (non-hydrogen) atoms. The number of pyridine rings is 1. The molecule has 0 bridgehead atoms. The average molecular weight is 408 g/mol. The molecule has 0 saturated carbocycles. The Labute approximate surface area is 169 Å². The molecule has 0 spiro atoms. The molecule has 0 atom stereocenters. The van der Waals surface area contributed by atoms with Crippen molar-refractivity contribution in [3.63, 3.8) is 0 Å². The largest absolute Gasteiger partial charge is 0.353 e. The maximum Gasteiger partial charge on any atom is 0.256 e. The molecule has 1 N–H and O–H groups in total. The maximum atomic E-state index is 14.4. The molecule has 1 amide bonds. The number of carbonyl (C=O) groups excluding carboxylic acids is 1. The van der Waals surface area contributed by atoms with E-state index in [4.69, 9.17) is 19.2 Å². The molecule has 0 unspecified atom stereocenters. The van der Waals surface area contributed by atoms with Crippen molar-refractivity contribution in [2.45, 2.75) is 39.4 Å². The molecule has 0 radical (unpaired) electrons. The smallest absolute Gasteiger partial charge is 0.256 e. The van der Waals surface area contributed by atoms with Gasteiger partial charge in [-0.2, -0.15) is 0 Å². The average Bonchev–Trinajstić information content (AvgIpc) is 2.73. The van der Waals surface area contributed by atoms with Crippen molar-refractivity contribution in [2.75, 3.05) is 5.32 Å². The third-order valence-electron chi connectivity index (χ3n) is 2.90. The minimum Gasteiger partial charge on any atom is -0.353 e. The summed E-state index contributed by atoms with van der Waals surface area (Å²) < 4.78 is 125. The zero-order chi connectivity index (χ0) is 29.7. The number of anilines is 2. The van der Waals surface area contributed by atoms with Crippen LogP contribution in [0.25, 0.3) is 0 Å². The van der Waals surface area contributed by atoms with E-state index in [2.05, 4.69) is 26.2 Å². The molecule has 2 rings (SSSR count). The molecule has 0 aliphatic rings. The summed E-state index contributed by atoms with van der Waals surface area (Å²) in [7, 11) is 0. The number of aromatic nitrogens is 1. The molecule has 1 heterocycles. The van der Waals surface area contributed by atoms with Gasteiger partial charge in [-0.05, 0) is 67.6 Å². The molecule has 128 valence electrons. The van der Waals surface area contributed by atoms with Crippen LogP contribution in [0.3, 0.4) is 0 Å². The number of halogens is 2. The predicted molar refractivity (Wildman–Crippen MR) is 98.1 cm³/mol. The van der Waals surface area contributed by atoms with Crippen molar-refractivity contribution in [1.29, 1.82) is 0 Å². The highest BCUT2D eigenvalue weighted by atomic mass is 79.9. The number of hydrogen-bond acceptors (Lipinski definition) is 3. The molecule has 1 aromatic heterocycles. The van der Waals surface area contributed by atoms with Crippen LogP contribution >= 0.6 is 15.9 Å². The number of rotatable bonds is 5. The van der Waals surface area contributed by atoms with Gasteiger partial charge in [-0.1, -0.05) is 0 Å². The van der Waals surface area contributed by atoms with Crippen molar-refractivity contribution in [1.82, 2.24) is 9.88 Å². The van der Waals surface area contributed by atoms with Crippen molar-refractivity contribution in [3.05, 3.63) is 52.5 Å². The highest BCUT2D eigenvalue weighted by molar-refractivity contribution is 9.10. The summed E-state index contributed by atoms with van der Waals surface area (Å²) in [5.41, 5.74) is -1.16. The van der Waals surface area contributed by atoms with Crippen molar-refractivity contribution in [3.8, 4) is 0 Å². The Morgan fingerprint density at radius 1 is 1.29 bits per heavy atom. The predicted octanol–water partition coefficient (Wildman–Crippen LogP) is 4.99. The summed E-state index contributed by atoms with van der Waals surface area (Å²) in [6.07, 6.45) is 2.63. The molecule has 0 fully saturated rings. The number of carbonyl (C=O) groups is 1. The summed E-state index contributed by atoms with van der Waals surface area (Å²) in [6, 6.07) is -4.86. The molecular weight excluding hydrogens is 373 g/mol. The van der Waals surface area contributed by atoms with E-state index in [1.807, 2.05) is 0 Å². The summed E-state index contributed by atoms with van der Waals surface area (Å²) in [4.78, 5) is 17.0. The Kier molecular flexibility index (Phi) is 2.30. The Bertz CT molecular complexity index is 1130. The molecule has 0 saturated heterocycles. The van der Waals surface area contributed by atoms with Crippen molar-refractivity contribution >= 4 is 33.2 Å². The minimum absolute atomic E-state index is 0.160. The van der Waals surface area contributed by atoms with E-state index in [0.29, 0.717) is 10.5 Å². The van der Waals surface area contributed by atoms with E-state index in [-0.39, 0.29) is 11.4 Å². The van der Waals surface area contributed by atoms with Gasteiger partial charge >= 0.3 is 0 Å². The molecule has 6 heteroatoms. The Morgan fingerprint density at radius 3 is 2.62 bits per heavy atom. The zero-order valence-electron chi connectivity index (χ0n) is 26.0. The van der Waals surface area contributed by atoms with E-state index in [9.17, 15) is 9.18 Å². The number of amides is 1. The van der Waals surface area contributed by atoms with Crippen LogP contribution in [-0.2, 0) is 0 Å². The van der Waals surface area contributed by atoms with Gasteiger partial charge < -0.3 is 10.2 Å². The monoisotopic (exact) mass is 407 g/mol. The lowest BCUT2D eigenvalue weighted by Gasteiger charge is -2.31. The van der Waals surface area contributed by atoms with Gasteiger partial charge in [-0.15, -0.1) is 0 Å². The van der Waals surface area contributed by atoms with E-state index >= 15 is 0 Å². The van der Waals surface area contributed by atoms with Crippen LogP contribution in [0.1, 0.15) is 57.0 Å². The Balaban J connectivity index is 3.02. The molecule has 0 aliphatic heterocycles. The minimum atomic E-state index is -4.29. The normalized spacial score (nSPS) is 22.6. The Hall–Kier alpha value is -1.95. The van der Waals surface area contributed by atoms with Crippen LogP contribution in [0.4, 0.5) is 15.8 Å². The fourth-order valence-electron chi connectivity index (χ4n) is 1.85. The lowest BCUT2D eigenvalue weighted by molar-refractivity contribution is 0.0644. The SMILES string of the molecule is [2H]C([2H])([2H])C([2H])(N(C(=O)c1cc(F)ccc1Nc1cnccc1Br)C([2H])(C([2H])([2H])[2H])C([2H])([2H])[2H])C([2H])([2H])[2H]. The topological polar surface area (TPSA) is 45.2 Å². The van der Waals surface area contributed by atoms with Gasteiger partial charge in [0.15, 0.2) is 0 Å². The third-order valence-corrected chi connectivity index (χ3v) is 3.59. The Morgan fingerprint density at radius 2 is 2.00 bits per heavy atom. The number of nitrogens with zero attached hydrogens (tertiary/aromatic N) is 2. The van der Waals surface area contributed by atoms with Gasteiger partial charge in [0, 0.05) is 39.2 Å². The maximum absolute atomic E-state index is 14.4. The van der Waals surface area contributed by atoms with Gasteiger partial charge in [-0.25, -0.2) is 4.39 Å². The molecule has 0 aliphatic carbocycles. The lowest BCUT2D eigenvalue weighted by Crippen LogP contribution is -2.42. The summed E-state index contributed by atoms with van der Waals surface area (Å²) in [5, 5.41) is 2.65. The van der Waals surface area contributed by atoms with E-state index in [1.165, 1.54) is 18.5 Å². The quantitative estimate of drug-likeness (QED) is 0.759. The first-order chi connectivity index (χ1) is 16.9. The van der Waals surface area contributed by atoms with Crippen LogP contribution in [0.5, 0.6) is 0 Å². The second kappa shape index (κ2) is 7.75. The molecular formula is C18H21BrFN3O. The van der Waals surface area contributed by atoms with Crippen LogP contribution in [0.15, 0.2) is 41.1 Å². The summed E-state index contributed by atoms with van der Waals surface area (Å²) >= 11 is 3.20. The van der Waals surface area contributed by atoms with Crippen molar-refractivity contribution in [2.24, 2.45) is 0 Å². The van der Waals surface area contributed by atoms with Crippen LogP contribution in [0.2, 0.25) is 0 Å². The van der Waals surface area contributed by atoms with Gasteiger partial charge in [-0.3, -0.25) is 9.78 Å². The molecule has 2 aromatic rings. The van der Waals surface area contributed by atoms with Gasteiger partial charge in [0.2, 0.25) is 0 Å². The number of hydrogen-bond donors (Lipinski definition) is 1. The molecule has 4 nitrogen and oxygen atoms in total. The van der Waals surface area contributed by atoms with E-state index in [0.717, 1.165) is 12.1 Å². The third kappa shape index (κ3) is 4.12. The number of benzene rings is 1. The van der Waals surface area contributed by atoms with Crippen molar-refractivity contribution < 1.29 is 28.4 Å². The van der Waals surface area contributed by atoms with Crippen LogP contribution in [0, 0.1) is 5.82 Å². The van der Waals surface area contributed by atoms with Crippen LogP contribution < -0.4 is 5.32 Å². The number of nitrogens with one attached hydrogen (secondary N) is 1. The summed E-state index contributed by atoms with van der Waals surface area (Å²) in [5.74, 6) is -3.16. The fraction of sp³-hybridized carbons (Fsp3) is 0.333. The first kappa shape index (κ1) is 7.12. The first-order valence-electron chi connectivity index (χ1n) is 13.4. The summed E-state index contributed by atoms with van der Waals surface area (Å²) in [6.45, 7) is -16.3. The molecule has 1 aromatic carbocycles. The van der Waals surface area contributed by atoms with E-state index in [1.54, 1.807) is 0 Å². The standard InChI is InChI=1S/C18H21BrFN3O/c1-11(2)23(12(3)4)18(24)14-9-13(20)5-6-16(14)22-17-10-21-8-7-15(17)19/h5-12,22H,1-4H3/i1D3,2D3,3D3,4D3,11D,12D.